The van der Waals surface area contributed by atoms with Gasteiger partial charge in [0.1, 0.15) is 0 Å². The van der Waals surface area contributed by atoms with E-state index in [0.29, 0.717) is 31.0 Å². The molecule has 0 atom stereocenters. The van der Waals surface area contributed by atoms with Crippen LogP contribution in [-0.2, 0) is 14.6 Å². The van der Waals surface area contributed by atoms with Gasteiger partial charge in [-0.2, -0.15) is 0 Å². The number of hydrogen-bond acceptors (Lipinski definition) is 3. The molecule has 0 bridgehead atoms. The number of halogens is 1. The molecule has 0 aliphatic carbocycles. The summed E-state index contributed by atoms with van der Waals surface area (Å²) in [5.74, 6) is 0. The third-order valence-corrected chi connectivity index (χ3v) is 5.65. The molecular weight excluding hydrogens is 304 g/mol. The number of rotatable bonds is 2. The van der Waals surface area contributed by atoms with Crippen LogP contribution in [0, 0.1) is 6.92 Å². The fourth-order valence-corrected chi connectivity index (χ4v) is 4.64. The summed E-state index contributed by atoms with van der Waals surface area (Å²) in [6.07, 6.45) is 1.18. The normalized spacial score (nSPS) is 18.2. The Morgan fingerprint density at radius 3 is 2.47 bits per heavy atom. The van der Waals surface area contributed by atoms with Gasteiger partial charge < -0.3 is 4.74 Å². The lowest BCUT2D eigenvalue weighted by Gasteiger charge is -2.22. The van der Waals surface area contributed by atoms with Crippen LogP contribution in [0.15, 0.2) is 27.6 Å². The molecule has 3 nitrogen and oxygen atoms in total. The molecule has 94 valence electrons. The third-order valence-electron chi connectivity index (χ3n) is 2.95. The molecule has 2 rings (SSSR count). The lowest BCUT2D eigenvalue weighted by Crippen LogP contribution is -2.29. The summed E-state index contributed by atoms with van der Waals surface area (Å²) in [6, 6.07) is 5.32. The maximum absolute atomic E-state index is 12.4. The summed E-state index contributed by atoms with van der Waals surface area (Å²) in [5, 5.41) is -0.301. The van der Waals surface area contributed by atoms with E-state index in [1.165, 1.54) is 0 Å². The van der Waals surface area contributed by atoms with E-state index in [1.54, 1.807) is 12.1 Å². The zero-order chi connectivity index (χ0) is 12.5. The van der Waals surface area contributed by atoms with Crippen molar-refractivity contribution in [2.45, 2.75) is 29.9 Å². The lowest BCUT2D eigenvalue weighted by molar-refractivity contribution is 0.0983. The second kappa shape index (κ2) is 5.08. The van der Waals surface area contributed by atoms with Crippen molar-refractivity contribution in [3.8, 4) is 0 Å². The standard InChI is InChI=1S/C12H15BrO3S/c1-9-6-10(13)8-12(7-9)17(14,15)11-2-4-16-5-3-11/h6-8,11H,2-5H2,1H3. The van der Waals surface area contributed by atoms with Crippen LogP contribution in [0.5, 0.6) is 0 Å². The highest BCUT2D eigenvalue weighted by Crippen LogP contribution is 2.26. The summed E-state index contributed by atoms with van der Waals surface area (Å²) in [7, 11) is -3.22. The predicted octanol–water partition coefficient (Wildman–Crippen LogP) is 2.71. The largest absolute Gasteiger partial charge is 0.381 e. The highest BCUT2D eigenvalue weighted by atomic mass is 79.9. The molecular formula is C12H15BrO3S. The Bertz CT molecular complexity index is 484. The van der Waals surface area contributed by atoms with Gasteiger partial charge in [-0.25, -0.2) is 8.42 Å². The molecule has 1 aromatic rings. The minimum absolute atomic E-state index is 0.301. The Hall–Kier alpha value is -0.390. The second-order valence-electron chi connectivity index (χ2n) is 4.32. The van der Waals surface area contributed by atoms with Gasteiger partial charge in [0.15, 0.2) is 9.84 Å². The first-order chi connectivity index (χ1) is 8.00. The Balaban J connectivity index is 2.36. The summed E-state index contributed by atoms with van der Waals surface area (Å²) in [5.41, 5.74) is 0.949. The molecule has 0 radical (unpaired) electrons. The Morgan fingerprint density at radius 2 is 1.88 bits per heavy atom. The molecule has 1 aromatic carbocycles. The van der Waals surface area contributed by atoms with Gasteiger partial charge in [-0.15, -0.1) is 0 Å². The molecule has 0 saturated carbocycles. The smallest absolute Gasteiger partial charge is 0.181 e. The van der Waals surface area contributed by atoms with Gasteiger partial charge >= 0.3 is 0 Å². The highest BCUT2D eigenvalue weighted by Gasteiger charge is 2.29. The van der Waals surface area contributed by atoms with E-state index in [4.69, 9.17) is 4.74 Å². The van der Waals surface area contributed by atoms with Crippen molar-refractivity contribution in [2.75, 3.05) is 13.2 Å². The van der Waals surface area contributed by atoms with Crippen LogP contribution in [0.4, 0.5) is 0 Å². The van der Waals surface area contributed by atoms with Crippen LogP contribution >= 0.6 is 15.9 Å². The van der Waals surface area contributed by atoms with E-state index in [9.17, 15) is 8.42 Å². The highest BCUT2D eigenvalue weighted by molar-refractivity contribution is 9.10. The molecule has 1 fully saturated rings. The second-order valence-corrected chi connectivity index (χ2v) is 7.46. The van der Waals surface area contributed by atoms with Gasteiger partial charge in [0.2, 0.25) is 0 Å². The molecule has 1 aliphatic rings. The number of sulfone groups is 1. The monoisotopic (exact) mass is 318 g/mol. The maximum atomic E-state index is 12.4. The zero-order valence-electron chi connectivity index (χ0n) is 9.65. The Labute approximate surface area is 110 Å². The van der Waals surface area contributed by atoms with E-state index in [1.807, 2.05) is 13.0 Å². The van der Waals surface area contributed by atoms with Gasteiger partial charge in [-0.05, 0) is 43.5 Å². The maximum Gasteiger partial charge on any atom is 0.181 e. The molecule has 1 heterocycles. The quantitative estimate of drug-likeness (QED) is 0.842. The SMILES string of the molecule is Cc1cc(Br)cc(S(=O)(=O)C2CCOCC2)c1. The zero-order valence-corrected chi connectivity index (χ0v) is 12.1. The van der Waals surface area contributed by atoms with E-state index in [-0.39, 0.29) is 5.25 Å². The molecule has 0 aromatic heterocycles. The first-order valence-electron chi connectivity index (χ1n) is 5.59. The Kier molecular flexibility index (Phi) is 3.90. The van der Waals surface area contributed by atoms with Crippen LogP contribution in [0.2, 0.25) is 0 Å². The van der Waals surface area contributed by atoms with Gasteiger partial charge in [0, 0.05) is 17.7 Å². The van der Waals surface area contributed by atoms with E-state index in [0.717, 1.165) is 10.0 Å². The van der Waals surface area contributed by atoms with Crippen LogP contribution in [-0.4, -0.2) is 26.9 Å². The fourth-order valence-electron chi connectivity index (χ4n) is 2.05. The number of hydrogen-bond donors (Lipinski definition) is 0. The molecule has 0 N–H and O–H groups in total. The molecule has 0 amide bonds. The molecule has 17 heavy (non-hydrogen) atoms. The lowest BCUT2D eigenvalue weighted by atomic mass is 10.2. The first-order valence-corrected chi connectivity index (χ1v) is 7.93. The van der Waals surface area contributed by atoms with Crippen molar-refractivity contribution in [1.29, 1.82) is 0 Å². The van der Waals surface area contributed by atoms with Crippen molar-refractivity contribution in [2.24, 2.45) is 0 Å². The van der Waals surface area contributed by atoms with Crippen molar-refractivity contribution in [1.82, 2.24) is 0 Å². The van der Waals surface area contributed by atoms with Gasteiger partial charge in [-0.1, -0.05) is 15.9 Å². The van der Waals surface area contributed by atoms with Gasteiger partial charge in [-0.3, -0.25) is 0 Å². The van der Waals surface area contributed by atoms with Crippen LogP contribution < -0.4 is 0 Å². The van der Waals surface area contributed by atoms with Crippen molar-refractivity contribution in [3.63, 3.8) is 0 Å². The first kappa shape index (κ1) is 13.1. The summed E-state index contributed by atoms with van der Waals surface area (Å²) >= 11 is 3.34. The topological polar surface area (TPSA) is 43.4 Å². The van der Waals surface area contributed by atoms with Crippen LogP contribution in [0.3, 0.4) is 0 Å². The average molecular weight is 319 g/mol. The van der Waals surface area contributed by atoms with E-state index >= 15 is 0 Å². The molecule has 1 aliphatic heterocycles. The van der Waals surface area contributed by atoms with Crippen LogP contribution in [0.1, 0.15) is 18.4 Å². The molecule has 0 spiro atoms. The summed E-state index contributed by atoms with van der Waals surface area (Å²) in [6.45, 7) is 2.97. The average Bonchev–Trinajstić information content (AvgIpc) is 2.29. The molecule has 1 saturated heterocycles. The molecule has 5 heteroatoms. The third kappa shape index (κ3) is 2.89. The minimum Gasteiger partial charge on any atom is -0.381 e. The van der Waals surface area contributed by atoms with E-state index < -0.39 is 9.84 Å². The van der Waals surface area contributed by atoms with Crippen molar-refractivity contribution >= 4 is 25.8 Å². The van der Waals surface area contributed by atoms with Crippen molar-refractivity contribution < 1.29 is 13.2 Å². The fraction of sp³-hybridized carbons (Fsp3) is 0.500. The van der Waals surface area contributed by atoms with Crippen LogP contribution in [0.25, 0.3) is 0 Å². The predicted molar refractivity (Wildman–Crippen MR) is 69.9 cm³/mol. The Morgan fingerprint density at radius 1 is 1.24 bits per heavy atom. The number of ether oxygens (including phenoxy) is 1. The van der Waals surface area contributed by atoms with Gasteiger partial charge in [0.25, 0.3) is 0 Å². The summed E-state index contributed by atoms with van der Waals surface area (Å²) in [4.78, 5) is 0.413. The van der Waals surface area contributed by atoms with Gasteiger partial charge in [0.05, 0.1) is 10.1 Å². The molecule has 0 unspecified atom stereocenters. The van der Waals surface area contributed by atoms with E-state index in [2.05, 4.69) is 15.9 Å². The minimum atomic E-state index is -3.22. The summed E-state index contributed by atoms with van der Waals surface area (Å²) < 4.78 is 30.8. The number of aryl methyl sites for hydroxylation is 1. The van der Waals surface area contributed by atoms with Crippen molar-refractivity contribution in [3.05, 3.63) is 28.2 Å². The number of benzene rings is 1.